The lowest BCUT2D eigenvalue weighted by molar-refractivity contribution is 0.0322. The van der Waals surface area contributed by atoms with E-state index >= 15 is 0 Å². The molecule has 0 heterocycles. The van der Waals surface area contributed by atoms with Gasteiger partial charge in [-0.1, -0.05) is 24.3 Å². The molecule has 0 radical (unpaired) electrons. The van der Waals surface area contributed by atoms with Crippen LogP contribution in [-0.2, 0) is 11.2 Å². The Labute approximate surface area is 140 Å². The standard InChI is InChI=1S/C20H30N2O/c1-3-23-19-13-5-4-10-16(19)14(2)22-18-12-7-9-15-8-6-11-17(21)20(15)18/h5-6,8,11,13-14,16,18-19,22H,3-4,7,9-10,12,21H2,1-2H3. The van der Waals surface area contributed by atoms with Crippen LogP contribution in [0.15, 0.2) is 30.4 Å². The van der Waals surface area contributed by atoms with Crippen molar-refractivity contribution < 1.29 is 4.74 Å². The Kier molecular flexibility index (Phi) is 5.39. The van der Waals surface area contributed by atoms with Gasteiger partial charge in [-0.2, -0.15) is 0 Å². The summed E-state index contributed by atoms with van der Waals surface area (Å²) >= 11 is 0. The number of benzene rings is 1. The first-order valence-electron chi connectivity index (χ1n) is 9.12. The number of nitrogen functional groups attached to an aromatic ring is 1. The van der Waals surface area contributed by atoms with Crippen LogP contribution in [0.3, 0.4) is 0 Å². The molecule has 2 aliphatic rings. The summed E-state index contributed by atoms with van der Waals surface area (Å²) in [6, 6.07) is 7.15. The van der Waals surface area contributed by atoms with Crippen molar-refractivity contribution in [2.24, 2.45) is 5.92 Å². The minimum atomic E-state index is 0.243. The molecule has 4 atom stereocenters. The fourth-order valence-corrected chi connectivity index (χ4v) is 4.26. The predicted molar refractivity (Wildman–Crippen MR) is 96.4 cm³/mol. The molecular formula is C20H30N2O. The van der Waals surface area contributed by atoms with Crippen LogP contribution < -0.4 is 11.1 Å². The van der Waals surface area contributed by atoms with E-state index < -0.39 is 0 Å². The molecule has 3 nitrogen and oxygen atoms in total. The lowest BCUT2D eigenvalue weighted by Gasteiger charge is -2.37. The average molecular weight is 314 g/mol. The second kappa shape index (κ2) is 7.50. The highest BCUT2D eigenvalue weighted by Crippen LogP contribution is 2.35. The summed E-state index contributed by atoms with van der Waals surface area (Å²) in [5, 5.41) is 3.88. The van der Waals surface area contributed by atoms with Crippen LogP contribution in [-0.4, -0.2) is 18.8 Å². The molecule has 3 rings (SSSR count). The molecule has 4 unspecified atom stereocenters. The van der Waals surface area contributed by atoms with Gasteiger partial charge >= 0.3 is 0 Å². The lowest BCUT2D eigenvalue weighted by atomic mass is 9.82. The van der Waals surface area contributed by atoms with Crippen molar-refractivity contribution in [1.29, 1.82) is 0 Å². The van der Waals surface area contributed by atoms with E-state index in [1.807, 2.05) is 6.07 Å². The normalized spacial score (nSPS) is 28.3. The van der Waals surface area contributed by atoms with E-state index in [1.165, 1.54) is 30.4 Å². The summed E-state index contributed by atoms with van der Waals surface area (Å²) in [7, 11) is 0. The Morgan fingerprint density at radius 2 is 2.22 bits per heavy atom. The van der Waals surface area contributed by atoms with Gasteiger partial charge in [0.2, 0.25) is 0 Å². The summed E-state index contributed by atoms with van der Waals surface area (Å²) in [5.74, 6) is 0.537. The molecule has 3 N–H and O–H groups in total. The summed E-state index contributed by atoms with van der Waals surface area (Å²) < 4.78 is 5.95. The first kappa shape index (κ1) is 16.5. The lowest BCUT2D eigenvalue weighted by Crippen LogP contribution is -2.43. The van der Waals surface area contributed by atoms with Gasteiger partial charge in [0.05, 0.1) is 6.10 Å². The monoisotopic (exact) mass is 314 g/mol. The van der Waals surface area contributed by atoms with Crippen LogP contribution in [0.25, 0.3) is 0 Å². The van der Waals surface area contributed by atoms with Crippen LogP contribution in [0, 0.1) is 5.92 Å². The van der Waals surface area contributed by atoms with E-state index in [1.54, 1.807) is 0 Å². The van der Waals surface area contributed by atoms with Crippen LogP contribution in [0.4, 0.5) is 5.69 Å². The van der Waals surface area contributed by atoms with E-state index in [9.17, 15) is 0 Å². The van der Waals surface area contributed by atoms with Crippen molar-refractivity contribution in [3.05, 3.63) is 41.5 Å². The third kappa shape index (κ3) is 3.61. The molecule has 0 saturated heterocycles. The SMILES string of the molecule is CCOC1C=CCCC1C(C)NC1CCCc2cccc(N)c21. The molecule has 0 fully saturated rings. The highest BCUT2D eigenvalue weighted by molar-refractivity contribution is 5.53. The van der Waals surface area contributed by atoms with Gasteiger partial charge in [-0.05, 0) is 63.1 Å². The molecule has 0 saturated carbocycles. The summed E-state index contributed by atoms with van der Waals surface area (Å²) in [6.07, 6.45) is 10.7. The fourth-order valence-electron chi connectivity index (χ4n) is 4.26. The summed E-state index contributed by atoms with van der Waals surface area (Å²) in [6.45, 7) is 5.16. The highest BCUT2D eigenvalue weighted by atomic mass is 16.5. The van der Waals surface area contributed by atoms with Gasteiger partial charge in [0.25, 0.3) is 0 Å². The highest BCUT2D eigenvalue weighted by Gasteiger charge is 2.30. The van der Waals surface area contributed by atoms with Crippen molar-refractivity contribution in [2.75, 3.05) is 12.3 Å². The van der Waals surface area contributed by atoms with Crippen molar-refractivity contribution in [3.8, 4) is 0 Å². The molecular weight excluding hydrogens is 284 g/mol. The van der Waals surface area contributed by atoms with Crippen LogP contribution in [0.1, 0.15) is 56.7 Å². The number of nitrogens with one attached hydrogen (secondary N) is 1. The Hall–Kier alpha value is -1.32. The van der Waals surface area contributed by atoms with E-state index in [-0.39, 0.29) is 6.10 Å². The maximum atomic E-state index is 6.29. The number of fused-ring (bicyclic) bond motifs is 1. The number of anilines is 1. The number of aryl methyl sites for hydroxylation is 1. The van der Waals surface area contributed by atoms with E-state index in [4.69, 9.17) is 10.5 Å². The number of hydrogen-bond donors (Lipinski definition) is 2. The number of hydrogen-bond acceptors (Lipinski definition) is 3. The summed E-state index contributed by atoms with van der Waals surface area (Å²) in [5.41, 5.74) is 9.99. The van der Waals surface area contributed by atoms with Crippen LogP contribution >= 0.6 is 0 Å². The van der Waals surface area contributed by atoms with Gasteiger partial charge in [-0.3, -0.25) is 0 Å². The Bertz CT molecular complexity index is 555. The van der Waals surface area contributed by atoms with Crippen molar-refractivity contribution in [2.45, 2.75) is 64.1 Å². The Morgan fingerprint density at radius 3 is 3.04 bits per heavy atom. The fraction of sp³-hybridized carbons (Fsp3) is 0.600. The molecule has 23 heavy (non-hydrogen) atoms. The van der Waals surface area contributed by atoms with Gasteiger partial charge in [0, 0.05) is 30.3 Å². The molecule has 126 valence electrons. The zero-order chi connectivity index (χ0) is 16.2. The largest absolute Gasteiger partial charge is 0.398 e. The molecule has 1 aromatic carbocycles. The van der Waals surface area contributed by atoms with Crippen molar-refractivity contribution in [1.82, 2.24) is 5.32 Å². The Morgan fingerprint density at radius 1 is 1.35 bits per heavy atom. The maximum absolute atomic E-state index is 6.29. The molecule has 0 aliphatic heterocycles. The molecule has 0 aromatic heterocycles. The minimum absolute atomic E-state index is 0.243. The second-order valence-corrected chi connectivity index (χ2v) is 6.91. The summed E-state index contributed by atoms with van der Waals surface area (Å²) in [4.78, 5) is 0. The van der Waals surface area contributed by atoms with E-state index in [0.717, 1.165) is 25.1 Å². The topological polar surface area (TPSA) is 47.3 Å². The first-order valence-corrected chi connectivity index (χ1v) is 9.12. The number of allylic oxidation sites excluding steroid dienone is 1. The number of ether oxygens (including phenoxy) is 1. The molecule has 0 spiro atoms. The van der Waals surface area contributed by atoms with Crippen LogP contribution in [0.2, 0.25) is 0 Å². The first-order chi connectivity index (χ1) is 11.2. The second-order valence-electron chi connectivity index (χ2n) is 6.91. The van der Waals surface area contributed by atoms with Crippen molar-refractivity contribution in [3.63, 3.8) is 0 Å². The smallest absolute Gasteiger partial charge is 0.0798 e. The van der Waals surface area contributed by atoms with Crippen LogP contribution in [0.5, 0.6) is 0 Å². The van der Waals surface area contributed by atoms with Gasteiger partial charge in [0.1, 0.15) is 0 Å². The quantitative estimate of drug-likeness (QED) is 0.638. The maximum Gasteiger partial charge on any atom is 0.0798 e. The van der Waals surface area contributed by atoms with Gasteiger partial charge in [-0.15, -0.1) is 0 Å². The molecule has 1 aromatic rings. The average Bonchev–Trinajstić information content (AvgIpc) is 2.56. The molecule has 2 aliphatic carbocycles. The Balaban J connectivity index is 1.74. The van der Waals surface area contributed by atoms with Gasteiger partial charge < -0.3 is 15.8 Å². The molecule has 0 amide bonds. The minimum Gasteiger partial charge on any atom is -0.398 e. The van der Waals surface area contributed by atoms with Gasteiger partial charge in [0.15, 0.2) is 0 Å². The number of nitrogens with two attached hydrogens (primary N) is 1. The van der Waals surface area contributed by atoms with Gasteiger partial charge in [-0.25, -0.2) is 0 Å². The predicted octanol–water partition coefficient (Wildman–Crippen LogP) is 4.00. The molecule has 3 heteroatoms. The van der Waals surface area contributed by atoms with Crippen molar-refractivity contribution >= 4 is 5.69 Å². The third-order valence-electron chi connectivity index (χ3n) is 5.40. The third-order valence-corrected chi connectivity index (χ3v) is 5.40. The zero-order valence-electron chi connectivity index (χ0n) is 14.4. The molecule has 0 bridgehead atoms. The zero-order valence-corrected chi connectivity index (χ0v) is 14.4. The number of rotatable bonds is 5. The van der Waals surface area contributed by atoms with E-state index in [2.05, 4.69) is 43.4 Å². The van der Waals surface area contributed by atoms with E-state index in [0.29, 0.717) is 18.0 Å².